The Bertz CT molecular complexity index is 1370. The molecule has 0 radical (unpaired) electrons. The van der Waals surface area contributed by atoms with Gasteiger partial charge in [0.1, 0.15) is 7.05 Å². The predicted molar refractivity (Wildman–Crippen MR) is 110 cm³/mol. The van der Waals surface area contributed by atoms with Gasteiger partial charge < -0.3 is 5.11 Å². The van der Waals surface area contributed by atoms with Gasteiger partial charge in [-0.15, -0.1) is 0 Å². The van der Waals surface area contributed by atoms with Crippen molar-refractivity contribution in [2.45, 2.75) is 6.54 Å². The van der Waals surface area contributed by atoms with Gasteiger partial charge in [0.05, 0.1) is 34.0 Å². The largest absolute Gasteiger partial charge is 0.478 e. The molecule has 0 aliphatic carbocycles. The number of carboxylic acids is 1. The molecule has 146 valence electrons. The Morgan fingerprint density at radius 3 is 2.13 bits per heavy atom. The molecule has 0 unspecified atom stereocenters. The van der Waals surface area contributed by atoms with Crippen molar-refractivity contribution in [1.82, 2.24) is 4.90 Å². The summed E-state index contributed by atoms with van der Waals surface area (Å²) >= 11 is 0. The lowest BCUT2D eigenvalue weighted by Gasteiger charge is -2.14. The first kappa shape index (κ1) is 18.0. The molecule has 6 nitrogen and oxygen atoms in total. The van der Waals surface area contributed by atoms with Gasteiger partial charge >= 0.3 is 5.97 Å². The van der Waals surface area contributed by atoms with E-state index in [-0.39, 0.29) is 23.9 Å². The van der Waals surface area contributed by atoms with Crippen molar-refractivity contribution < 1.29 is 24.1 Å². The molecule has 0 saturated heterocycles. The Balaban J connectivity index is 1.64. The van der Waals surface area contributed by atoms with E-state index < -0.39 is 5.97 Å². The number of amides is 2. The van der Waals surface area contributed by atoms with Crippen LogP contribution >= 0.6 is 0 Å². The average Bonchev–Trinajstić information content (AvgIpc) is 2.99. The van der Waals surface area contributed by atoms with Crippen molar-refractivity contribution in [3.05, 3.63) is 89.0 Å². The summed E-state index contributed by atoms with van der Waals surface area (Å²) in [6.45, 7) is 0.123. The number of imide groups is 1. The summed E-state index contributed by atoms with van der Waals surface area (Å²) < 4.78 is 1.93. The quantitative estimate of drug-likeness (QED) is 0.327. The van der Waals surface area contributed by atoms with E-state index in [9.17, 15) is 19.5 Å². The maximum atomic E-state index is 12.7. The molecule has 4 aromatic rings. The van der Waals surface area contributed by atoms with E-state index >= 15 is 0 Å². The van der Waals surface area contributed by atoms with E-state index in [1.54, 1.807) is 42.5 Å². The highest BCUT2D eigenvalue weighted by Gasteiger charge is 2.35. The molecule has 1 aliphatic heterocycles. The van der Waals surface area contributed by atoms with Crippen molar-refractivity contribution in [2.75, 3.05) is 0 Å². The summed E-state index contributed by atoms with van der Waals surface area (Å²) in [7, 11) is 1.88. The Kier molecular flexibility index (Phi) is 3.89. The minimum atomic E-state index is -0.995. The first-order valence-electron chi connectivity index (χ1n) is 9.49. The lowest BCUT2D eigenvalue weighted by atomic mass is 10.0. The van der Waals surface area contributed by atoms with E-state index in [2.05, 4.69) is 0 Å². The molecule has 2 heterocycles. The number of benzene rings is 3. The fraction of sp³-hybridized carbons (Fsp3) is 0.0833. The number of aromatic nitrogens is 1. The van der Waals surface area contributed by atoms with Crippen molar-refractivity contribution in [2.24, 2.45) is 7.05 Å². The van der Waals surface area contributed by atoms with Crippen LogP contribution in [-0.4, -0.2) is 27.8 Å². The fourth-order valence-electron chi connectivity index (χ4n) is 4.21. The molecule has 0 atom stereocenters. The zero-order valence-corrected chi connectivity index (χ0v) is 16.1. The molecular weight excluding hydrogens is 380 g/mol. The van der Waals surface area contributed by atoms with E-state index in [0.29, 0.717) is 21.9 Å². The van der Waals surface area contributed by atoms with Crippen LogP contribution in [0.4, 0.5) is 0 Å². The first-order valence-corrected chi connectivity index (χ1v) is 9.49. The lowest BCUT2D eigenvalue weighted by molar-refractivity contribution is -0.617. The van der Waals surface area contributed by atoms with Gasteiger partial charge in [-0.3, -0.25) is 14.5 Å². The molecule has 0 fully saturated rings. The number of carboxylic acid groups (broad SMARTS) is 1. The fourth-order valence-corrected chi connectivity index (χ4v) is 4.21. The van der Waals surface area contributed by atoms with Crippen LogP contribution in [0.25, 0.3) is 21.8 Å². The minimum Gasteiger partial charge on any atom is -0.478 e. The van der Waals surface area contributed by atoms with Gasteiger partial charge in [0.25, 0.3) is 11.8 Å². The van der Waals surface area contributed by atoms with Crippen molar-refractivity contribution in [1.29, 1.82) is 0 Å². The molecule has 1 aliphatic rings. The zero-order chi connectivity index (χ0) is 21.0. The third-order valence-corrected chi connectivity index (χ3v) is 5.66. The number of carbonyl (C=O) groups excluding carboxylic acids is 2. The van der Waals surface area contributed by atoms with Crippen LogP contribution in [0.3, 0.4) is 0 Å². The number of hydrogen-bond donors (Lipinski definition) is 1. The number of nitrogens with zero attached hydrogens (tertiary/aromatic N) is 2. The zero-order valence-electron chi connectivity index (χ0n) is 16.1. The summed E-state index contributed by atoms with van der Waals surface area (Å²) in [6, 6.07) is 19.5. The average molecular weight is 397 g/mol. The molecule has 2 amide bonds. The third kappa shape index (κ3) is 2.50. The van der Waals surface area contributed by atoms with Crippen LogP contribution < -0.4 is 4.57 Å². The van der Waals surface area contributed by atoms with Crippen LogP contribution in [0.1, 0.15) is 36.6 Å². The second kappa shape index (κ2) is 6.49. The number of rotatable bonds is 3. The molecule has 1 N–H and O–H groups in total. The highest BCUT2D eigenvalue weighted by Crippen LogP contribution is 2.28. The molecule has 0 bridgehead atoms. The van der Waals surface area contributed by atoms with Gasteiger partial charge in [-0.25, -0.2) is 4.79 Å². The molecule has 0 spiro atoms. The second-order valence-corrected chi connectivity index (χ2v) is 7.35. The number of para-hydroxylation sites is 1. The third-order valence-electron chi connectivity index (χ3n) is 5.66. The van der Waals surface area contributed by atoms with Crippen LogP contribution in [-0.2, 0) is 13.6 Å². The summed E-state index contributed by atoms with van der Waals surface area (Å²) in [5, 5.41) is 11.1. The maximum Gasteiger partial charge on any atom is 0.337 e. The SMILES string of the molecule is C[n+]1c2ccccc2c(C(=O)O)c2ccc(CN3C(=O)c4ccccc4C3=O)cc21. The summed E-state index contributed by atoms with van der Waals surface area (Å²) in [6.07, 6.45) is 0. The Morgan fingerprint density at radius 1 is 0.867 bits per heavy atom. The lowest BCUT2D eigenvalue weighted by Crippen LogP contribution is -2.32. The first-order chi connectivity index (χ1) is 14.5. The number of fused-ring (bicyclic) bond motifs is 3. The number of hydrogen-bond acceptors (Lipinski definition) is 3. The smallest absolute Gasteiger partial charge is 0.337 e. The van der Waals surface area contributed by atoms with E-state index in [0.717, 1.165) is 16.6 Å². The normalized spacial score (nSPS) is 13.3. The number of aromatic carboxylic acids is 1. The van der Waals surface area contributed by atoms with Gasteiger partial charge in [-0.05, 0) is 29.8 Å². The molecular formula is C24H17N2O4+. The van der Waals surface area contributed by atoms with E-state index in [4.69, 9.17) is 0 Å². The van der Waals surface area contributed by atoms with Gasteiger partial charge in [-0.1, -0.05) is 30.3 Å². The van der Waals surface area contributed by atoms with E-state index in [1.165, 1.54) is 4.90 Å². The topological polar surface area (TPSA) is 78.6 Å². The van der Waals surface area contributed by atoms with Gasteiger partial charge in [0.2, 0.25) is 11.0 Å². The predicted octanol–water partition coefficient (Wildman–Crippen LogP) is 3.31. The summed E-state index contributed by atoms with van der Waals surface area (Å²) in [5.74, 6) is -1.63. The highest BCUT2D eigenvalue weighted by atomic mass is 16.4. The van der Waals surface area contributed by atoms with Crippen LogP contribution in [0.5, 0.6) is 0 Å². The second-order valence-electron chi connectivity index (χ2n) is 7.35. The monoisotopic (exact) mass is 397 g/mol. The van der Waals surface area contributed by atoms with Crippen LogP contribution in [0.15, 0.2) is 66.7 Å². The van der Waals surface area contributed by atoms with Crippen molar-refractivity contribution >= 4 is 39.6 Å². The molecule has 0 saturated carbocycles. The molecule has 1 aromatic heterocycles. The number of aryl methyl sites for hydroxylation is 1. The Labute approximate surface area is 171 Å². The van der Waals surface area contributed by atoms with Crippen LogP contribution in [0, 0.1) is 0 Å². The van der Waals surface area contributed by atoms with Crippen molar-refractivity contribution in [3.8, 4) is 0 Å². The van der Waals surface area contributed by atoms with Crippen molar-refractivity contribution in [3.63, 3.8) is 0 Å². The standard InChI is InChI=1S/C24H16N2O4/c1-25-19-9-5-4-8-17(19)21(24(29)30)18-11-10-14(12-20(18)25)13-26-22(27)15-6-2-3-7-16(15)23(26)28/h2-12H,13H2,1H3/p+1. The van der Waals surface area contributed by atoms with Gasteiger partial charge in [-0.2, -0.15) is 4.57 Å². The maximum absolute atomic E-state index is 12.7. The minimum absolute atomic E-state index is 0.123. The van der Waals surface area contributed by atoms with Gasteiger partial charge in [0.15, 0.2) is 0 Å². The summed E-state index contributed by atoms with van der Waals surface area (Å²) in [5.41, 5.74) is 3.33. The highest BCUT2D eigenvalue weighted by molar-refractivity contribution is 6.21. The van der Waals surface area contributed by atoms with Crippen LogP contribution in [0.2, 0.25) is 0 Å². The van der Waals surface area contributed by atoms with E-state index in [1.807, 2.05) is 35.9 Å². The van der Waals surface area contributed by atoms with Gasteiger partial charge in [0, 0.05) is 12.1 Å². The number of pyridine rings is 1. The summed E-state index contributed by atoms with van der Waals surface area (Å²) in [4.78, 5) is 38.6. The molecule has 3 aromatic carbocycles. The molecule has 5 rings (SSSR count). The Hall–Kier alpha value is -4.06. The Morgan fingerprint density at radius 2 is 1.47 bits per heavy atom. The molecule has 6 heteroatoms. The number of carbonyl (C=O) groups is 3. The molecule has 30 heavy (non-hydrogen) atoms.